The van der Waals surface area contributed by atoms with Crippen molar-refractivity contribution in [3.63, 3.8) is 0 Å². The zero-order valence-corrected chi connectivity index (χ0v) is 9.88. The van der Waals surface area contributed by atoms with Crippen LogP contribution in [-0.2, 0) is 6.42 Å². The van der Waals surface area contributed by atoms with Gasteiger partial charge in [-0.15, -0.1) is 0 Å². The number of nitrogens with one attached hydrogen (secondary N) is 1. The van der Waals surface area contributed by atoms with E-state index in [0.717, 1.165) is 43.2 Å². The highest BCUT2D eigenvalue weighted by atomic mass is 19.1. The van der Waals surface area contributed by atoms with Gasteiger partial charge in [0, 0.05) is 12.6 Å². The third-order valence-electron chi connectivity index (χ3n) is 4.18. The zero-order valence-electron chi connectivity index (χ0n) is 9.88. The lowest BCUT2D eigenvalue weighted by atomic mass is 9.80. The Hall–Kier alpha value is -0.930. The lowest BCUT2D eigenvalue weighted by Gasteiger charge is -2.37. The lowest BCUT2D eigenvalue weighted by molar-refractivity contribution is -0.0332. The minimum Gasteiger partial charge on any atom is -0.389 e. The van der Waals surface area contributed by atoms with Crippen LogP contribution in [0.25, 0.3) is 0 Å². The predicted molar refractivity (Wildman–Crippen MR) is 64.3 cm³/mol. The van der Waals surface area contributed by atoms with Gasteiger partial charge in [0.15, 0.2) is 0 Å². The van der Waals surface area contributed by atoms with Crippen LogP contribution in [0.15, 0.2) is 18.2 Å². The van der Waals surface area contributed by atoms with E-state index in [2.05, 4.69) is 5.32 Å². The van der Waals surface area contributed by atoms with E-state index < -0.39 is 5.60 Å². The molecule has 0 heterocycles. The standard InChI is InChI=1S/C14H18FNO/c15-12-4-1-3-11-10(12)5-6-13(11)16-9-14(17)7-2-8-14/h1,3-4,13,16-17H,2,5-9H2. The van der Waals surface area contributed by atoms with E-state index in [1.807, 2.05) is 6.07 Å². The van der Waals surface area contributed by atoms with Crippen molar-refractivity contribution in [2.45, 2.75) is 43.7 Å². The third-order valence-corrected chi connectivity index (χ3v) is 4.18. The molecule has 0 saturated heterocycles. The summed E-state index contributed by atoms with van der Waals surface area (Å²) in [5, 5.41) is 13.4. The van der Waals surface area contributed by atoms with Gasteiger partial charge in [0.2, 0.25) is 0 Å². The van der Waals surface area contributed by atoms with Gasteiger partial charge >= 0.3 is 0 Å². The van der Waals surface area contributed by atoms with Gasteiger partial charge < -0.3 is 10.4 Å². The Morgan fingerprint density at radius 2 is 2.24 bits per heavy atom. The zero-order chi connectivity index (χ0) is 11.9. The lowest BCUT2D eigenvalue weighted by Crippen LogP contribution is -2.46. The average Bonchev–Trinajstić information content (AvgIpc) is 2.69. The van der Waals surface area contributed by atoms with E-state index >= 15 is 0 Å². The first-order valence-electron chi connectivity index (χ1n) is 6.41. The number of hydrogen-bond acceptors (Lipinski definition) is 2. The first-order chi connectivity index (χ1) is 8.18. The fourth-order valence-electron chi connectivity index (χ4n) is 2.90. The monoisotopic (exact) mass is 235 g/mol. The molecule has 0 amide bonds. The molecule has 1 aromatic rings. The second kappa shape index (κ2) is 4.07. The van der Waals surface area contributed by atoms with E-state index in [9.17, 15) is 9.50 Å². The van der Waals surface area contributed by atoms with Gasteiger partial charge in [-0.2, -0.15) is 0 Å². The molecule has 0 bridgehead atoms. The molecule has 1 aromatic carbocycles. The molecule has 2 nitrogen and oxygen atoms in total. The van der Waals surface area contributed by atoms with Crippen LogP contribution in [0, 0.1) is 5.82 Å². The molecule has 1 saturated carbocycles. The summed E-state index contributed by atoms with van der Waals surface area (Å²) >= 11 is 0. The maximum absolute atomic E-state index is 13.5. The Morgan fingerprint density at radius 3 is 2.94 bits per heavy atom. The van der Waals surface area contributed by atoms with Gasteiger partial charge in [-0.3, -0.25) is 0 Å². The SMILES string of the molecule is OC1(CNC2CCc3c(F)cccc32)CCC1. The quantitative estimate of drug-likeness (QED) is 0.842. The number of benzene rings is 1. The Bertz CT molecular complexity index is 428. The molecule has 2 aliphatic carbocycles. The van der Waals surface area contributed by atoms with Crippen molar-refractivity contribution in [1.29, 1.82) is 0 Å². The summed E-state index contributed by atoms with van der Waals surface area (Å²) in [6.45, 7) is 0.633. The molecule has 1 fully saturated rings. The van der Waals surface area contributed by atoms with E-state index in [1.54, 1.807) is 6.07 Å². The predicted octanol–water partition coefficient (Wildman–Crippen LogP) is 2.32. The molecule has 1 atom stereocenters. The summed E-state index contributed by atoms with van der Waals surface area (Å²) in [5.74, 6) is -0.0887. The van der Waals surface area contributed by atoms with Crippen molar-refractivity contribution >= 4 is 0 Å². The minimum atomic E-state index is -0.504. The molecule has 3 heteroatoms. The van der Waals surface area contributed by atoms with Gasteiger partial charge in [-0.05, 0) is 49.3 Å². The smallest absolute Gasteiger partial charge is 0.126 e. The Kier molecular flexibility index (Phi) is 2.68. The summed E-state index contributed by atoms with van der Waals surface area (Å²) in [6.07, 6.45) is 4.64. The van der Waals surface area contributed by atoms with E-state index in [0.29, 0.717) is 6.54 Å². The Morgan fingerprint density at radius 1 is 1.41 bits per heavy atom. The Balaban J connectivity index is 1.69. The summed E-state index contributed by atoms with van der Waals surface area (Å²) in [7, 11) is 0. The number of aliphatic hydroxyl groups is 1. The van der Waals surface area contributed by atoms with Crippen LogP contribution in [0.3, 0.4) is 0 Å². The molecule has 0 radical (unpaired) electrons. The largest absolute Gasteiger partial charge is 0.389 e. The average molecular weight is 235 g/mol. The van der Waals surface area contributed by atoms with Crippen LogP contribution in [0.5, 0.6) is 0 Å². The van der Waals surface area contributed by atoms with Crippen LogP contribution in [0.2, 0.25) is 0 Å². The fraction of sp³-hybridized carbons (Fsp3) is 0.571. The molecule has 1 unspecified atom stereocenters. The molecule has 2 N–H and O–H groups in total. The molecule has 92 valence electrons. The van der Waals surface area contributed by atoms with Crippen molar-refractivity contribution in [1.82, 2.24) is 5.32 Å². The maximum atomic E-state index is 13.5. The van der Waals surface area contributed by atoms with E-state index in [1.165, 1.54) is 6.07 Å². The van der Waals surface area contributed by atoms with Crippen molar-refractivity contribution < 1.29 is 9.50 Å². The second-order valence-corrected chi connectivity index (χ2v) is 5.36. The van der Waals surface area contributed by atoms with Crippen molar-refractivity contribution in [3.8, 4) is 0 Å². The highest BCUT2D eigenvalue weighted by molar-refractivity contribution is 5.35. The normalized spacial score (nSPS) is 25.4. The highest BCUT2D eigenvalue weighted by Gasteiger charge is 2.35. The second-order valence-electron chi connectivity index (χ2n) is 5.36. The highest BCUT2D eigenvalue weighted by Crippen LogP contribution is 2.35. The molecule has 0 spiro atoms. The van der Waals surface area contributed by atoms with Gasteiger partial charge in [-0.25, -0.2) is 4.39 Å². The van der Waals surface area contributed by atoms with Crippen LogP contribution >= 0.6 is 0 Å². The molecular formula is C14H18FNO. The van der Waals surface area contributed by atoms with Gasteiger partial charge in [0.05, 0.1) is 5.60 Å². The van der Waals surface area contributed by atoms with Crippen LogP contribution in [0.1, 0.15) is 42.9 Å². The van der Waals surface area contributed by atoms with Crippen molar-refractivity contribution in [2.24, 2.45) is 0 Å². The summed E-state index contributed by atoms with van der Waals surface area (Å²) in [4.78, 5) is 0. The number of halogens is 1. The molecule has 17 heavy (non-hydrogen) atoms. The molecule has 2 aliphatic rings. The maximum Gasteiger partial charge on any atom is 0.126 e. The fourth-order valence-corrected chi connectivity index (χ4v) is 2.90. The summed E-state index contributed by atoms with van der Waals surface area (Å²) < 4.78 is 13.5. The number of hydrogen-bond donors (Lipinski definition) is 2. The first kappa shape index (κ1) is 11.2. The number of rotatable bonds is 3. The van der Waals surface area contributed by atoms with Crippen LogP contribution < -0.4 is 5.32 Å². The summed E-state index contributed by atoms with van der Waals surface area (Å²) in [6, 6.07) is 5.51. The minimum absolute atomic E-state index is 0.0887. The third kappa shape index (κ3) is 1.98. The molecular weight excluding hydrogens is 217 g/mol. The first-order valence-corrected chi connectivity index (χ1v) is 6.41. The molecule has 0 aliphatic heterocycles. The topological polar surface area (TPSA) is 32.3 Å². The molecule has 3 rings (SSSR count). The Labute approximate surface area is 101 Å². The van der Waals surface area contributed by atoms with E-state index in [-0.39, 0.29) is 11.9 Å². The molecule has 0 aromatic heterocycles. The number of fused-ring (bicyclic) bond motifs is 1. The van der Waals surface area contributed by atoms with Crippen LogP contribution in [-0.4, -0.2) is 17.3 Å². The van der Waals surface area contributed by atoms with Gasteiger partial charge in [0.1, 0.15) is 5.82 Å². The van der Waals surface area contributed by atoms with Crippen molar-refractivity contribution in [2.75, 3.05) is 6.54 Å². The van der Waals surface area contributed by atoms with Gasteiger partial charge in [0.25, 0.3) is 0 Å². The summed E-state index contributed by atoms with van der Waals surface area (Å²) in [5.41, 5.74) is 1.43. The van der Waals surface area contributed by atoms with Gasteiger partial charge in [-0.1, -0.05) is 12.1 Å². The van der Waals surface area contributed by atoms with E-state index in [4.69, 9.17) is 0 Å². The van der Waals surface area contributed by atoms with Crippen molar-refractivity contribution in [3.05, 3.63) is 35.1 Å². The van der Waals surface area contributed by atoms with Crippen LogP contribution in [0.4, 0.5) is 4.39 Å².